The van der Waals surface area contributed by atoms with E-state index in [0.29, 0.717) is 18.7 Å². The highest BCUT2D eigenvalue weighted by molar-refractivity contribution is 5.97. The van der Waals surface area contributed by atoms with Crippen LogP contribution in [0.4, 0.5) is 14.5 Å². The number of nitrogens with zero attached hydrogens (tertiary/aromatic N) is 4. The molecule has 1 amide bonds. The summed E-state index contributed by atoms with van der Waals surface area (Å²) in [6.07, 6.45) is 1.44. The summed E-state index contributed by atoms with van der Waals surface area (Å²) in [5.41, 5.74) is 0.768. The first-order valence-electron chi connectivity index (χ1n) is 12.6. The van der Waals surface area contributed by atoms with Crippen molar-refractivity contribution >= 4 is 24.0 Å². The number of carbonyl (C=O) groups excluding carboxylic acids is 1. The van der Waals surface area contributed by atoms with Gasteiger partial charge in [-0.05, 0) is 13.0 Å². The van der Waals surface area contributed by atoms with Crippen molar-refractivity contribution in [3.05, 3.63) is 23.5 Å². The molecule has 0 bridgehead atoms. The number of carbonyl (C=O) groups is 1. The number of hydrogen-bond acceptors (Lipinski definition) is 6. The first kappa shape index (κ1) is 28.2. The lowest BCUT2D eigenvalue weighted by molar-refractivity contribution is -0.121. The molecule has 2 fully saturated rings. The van der Waals surface area contributed by atoms with Crippen molar-refractivity contribution in [1.29, 1.82) is 0 Å². The van der Waals surface area contributed by atoms with Crippen LogP contribution in [0.5, 0.6) is 0 Å². The number of morpholine rings is 1. The number of halogens is 3. The summed E-state index contributed by atoms with van der Waals surface area (Å²) in [4.78, 5) is 24.4. The number of fused-ring (bicyclic) bond motifs is 1. The Balaban J connectivity index is 0.00000342. The van der Waals surface area contributed by atoms with Crippen molar-refractivity contribution < 1.29 is 18.3 Å². The summed E-state index contributed by atoms with van der Waals surface area (Å²) in [5.74, 6) is -3.00. The zero-order valence-electron chi connectivity index (χ0n) is 21.4. The fraction of sp³-hybridized carbons (Fsp3) is 0.760. The maximum atomic E-state index is 14.7. The Morgan fingerprint density at radius 2 is 2.03 bits per heavy atom. The summed E-state index contributed by atoms with van der Waals surface area (Å²) in [5, 5.41) is 3.54. The summed E-state index contributed by atoms with van der Waals surface area (Å²) in [7, 11) is 0. The molecule has 0 aromatic carbocycles. The Morgan fingerprint density at radius 3 is 2.71 bits per heavy atom. The molecule has 3 aliphatic rings. The molecule has 198 valence electrons. The van der Waals surface area contributed by atoms with E-state index in [0.717, 1.165) is 51.6 Å². The number of aromatic nitrogens is 1. The fourth-order valence-corrected chi connectivity index (χ4v) is 5.36. The molecule has 35 heavy (non-hydrogen) atoms. The number of ether oxygens (including phenoxy) is 1. The molecule has 4 rings (SSSR count). The lowest BCUT2D eigenvalue weighted by atomic mass is 9.91. The van der Waals surface area contributed by atoms with Gasteiger partial charge >= 0.3 is 0 Å². The third-order valence-corrected chi connectivity index (χ3v) is 7.28. The minimum Gasteiger partial charge on any atom is -0.379 e. The number of pyridine rings is 1. The maximum Gasteiger partial charge on any atom is 0.274 e. The Labute approximate surface area is 214 Å². The Hall–Kier alpha value is -1.39. The normalized spacial score (nSPS) is 25.3. The number of nitrogens with one attached hydrogen (secondary N) is 1. The highest BCUT2D eigenvalue weighted by Crippen LogP contribution is 2.42. The second-order valence-electron chi connectivity index (χ2n) is 10.7. The van der Waals surface area contributed by atoms with E-state index in [1.807, 2.05) is 13.8 Å². The van der Waals surface area contributed by atoms with Gasteiger partial charge in [0.15, 0.2) is 0 Å². The number of amides is 1. The molecule has 1 aromatic heterocycles. The number of hydrogen-bond donors (Lipinski definition) is 1. The van der Waals surface area contributed by atoms with Crippen molar-refractivity contribution in [3.63, 3.8) is 0 Å². The molecule has 1 N–H and O–H groups in total. The molecule has 2 atom stereocenters. The lowest BCUT2D eigenvalue weighted by Gasteiger charge is -2.42. The summed E-state index contributed by atoms with van der Waals surface area (Å²) < 4.78 is 34.8. The van der Waals surface area contributed by atoms with Crippen LogP contribution in [0.1, 0.15) is 51.8 Å². The van der Waals surface area contributed by atoms with Gasteiger partial charge in [0.2, 0.25) is 5.91 Å². The van der Waals surface area contributed by atoms with Crippen LogP contribution in [0.25, 0.3) is 0 Å². The quantitative estimate of drug-likeness (QED) is 0.602. The SMILES string of the molecule is CCCC(F)(F)c1cnc2c(c1)N(C(=O)CN1C[C@@H](C)NC[C@@H]1CN1CCOCC1)CC2(C)C.Cl. The van der Waals surface area contributed by atoms with Gasteiger partial charge in [-0.25, -0.2) is 8.78 Å². The Kier molecular flexibility index (Phi) is 9.13. The van der Waals surface area contributed by atoms with E-state index < -0.39 is 5.92 Å². The van der Waals surface area contributed by atoms with Gasteiger partial charge in [-0.2, -0.15) is 0 Å². The van der Waals surface area contributed by atoms with Crippen molar-refractivity contribution in [2.24, 2.45) is 0 Å². The lowest BCUT2D eigenvalue weighted by Crippen LogP contribution is -2.61. The van der Waals surface area contributed by atoms with E-state index in [2.05, 4.69) is 27.0 Å². The van der Waals surface area contributed by atoms with E-state index in [1.165, 1.54) is 12.3 Å². The predicted octanol–water partition coefficient (Wildman–Crippen LogP) is 3.01. The highest BCUT2D eigenvalue weighted by atomic mass is 35.5. The molecular formula is C25H40ClF2N5O2. The van der Waals surface area contributed by atoms with Crippen LogP contribution in [0.15, 0.2) is 12.3 Å². The zero-order valence-corrected chi connectivity index (χ0v) is 22.2. The molecule has 0 saturated carbocycles. The van der Waals surface area contributed by atoms with E-state index in [1.54, 1.807) is 11.8 Å². The fourth-order valence-electron chi connectivity index (χ4n) is 5.36. The second kappa shape index (κ2) is 11.3. The molecule has 2 saturated heterocycles. The third-order valence-electron chi connectivity index (χ3n) is 7.28. The van der Waals surface area contributed by atoms with Gasteiger partial charge in [0.25, 0.3) is 5.92 Å². The Bertz CT molecular complexity index is 881. The van der Waals surface area contributed by atoms with Crippen molar-refractivity contribution in [2.45, 2.75) is 64.0 Å². The zero-order chi connectivity index (χ0) is 24.5. The van der Waals surface area contributed by atoms with Crippen molar-refractivity contribution in [2.75, 3.05) is 63.9 Å². The summed E-state index contributed by atoms with van der Waals surface area (Å²) >= 11 is 0. The average molecular weight is 516 g/mol. The minimum absolute atomic E-state index is 0. The standard InChI is InChI=1S/C25H39F2N5O2.ClH/c1-5-6-25(26,27)19-11-21-23(29-12-19)24(3,4)17-32(21)22(33)16-31-14-18(2)28-13-20(31)15-30-7-9-34-10-8-30;/h11-12,18,20,28H,5-10,13-17H2,1-4H3;1H/t18-,20-;/m1./s1. The number of rotatable bonds is 7. The van der Waals surface area contributed by atoms with Gasteiger partial charge in [-0.1, -0.05) is 27.2 Å². The van der Waals surface area contributed by atoms with Crippen molar-refractivity contribution in [1.82, 2.24) is 20.1 Å². The number of alkyl halides is 2. The van der Waals surface area contributed by atoms with E-state index in [4.69, 9.17) is 4.74 Å². The first-order chi connectivity index (χ1) is 16.1. The van der Waals surface area contributed by atoms with E-state index >= 15 is 0 Å². The van der Waals surface area contributed by atoms with Crippen LogP contribution >= 0.6 is 12.4 Å². The van der Waals surface area contributed by atoms with Gasteiger partial charge in [0, 0.05) is 74.9 Å². The molecule has 10 heteroatoms. The highest BCUT2D eigenvalue weighted by Gasteiger charge is 2.42. The minimum atomic E-state index is -2.95. The van der Waals surface area contributed by atoms with Crippen LogP contribution in [-0.4, -0.2) is 91.8 Å². The van der Waals surface area contributed by atoms with Crippen LogP contribution < -0.4 is 10.2 Å². The molecule has 4 heterocycles. The topological polar surface area (TPSA) is 60.9 Å². The second-order valence-corrected chi connectivity index (χ2v) is 10.7. The number of anilines is 1. The Morgan fingerprint density at radius 1 is 1.31 bits per heavy atom. The molecule has 0 unspecified atom stereocenters. The smallest absolute Gasteiger partial charge is 0.274 e. The van der Waals surface area contributed by atoms with Crippen LogP contribution in [0, 0.1) is 0 Å². The largest absolute Gasteiger partial charge is 0.379 e. The molecule has 1 aromatic rings. The molecular weight excluding hydrogens is 476 g/mol. The van der Waals surface area contributed by atoms with Crippen LogP contribution in [-0.2, 0) is 20.9 Å². The van der Waals surface area contributed by atoms with E-state index in [-0.39, 0.29) is 54.3 Å². The third kappa shape index (κ3) is 6.31. The molecule has 7 nitrogen and oxygen atoms in total. The van der Waals surface area contributed by atoms with Gasteiger partial charge < -0.3 is 15.0 Å². The first-order valence-corrected chi connectivity index (χ1v) is 12.6. The predicted molar refractivity (Wildman–Crippen MR) is 136 cm³/mol. The van der Waals surface area contributed by atoms with Crippen LogP contribution in [0.3, 0.4) is 0 Å². The van der Waals surface area contributed by atoms with Crippen LogP contribution in [0.2, 0.25) is 0 Å². The molecule has 3 aliphatic heterocycles. The number of piperazine rings is 1. The van der Waals surface area contributed by atoms with Gasteiger partial charge in [0.1, 0.15) is 0 Å². The van der Waals surface area contributed by atoms with E-state index in [9.17, 15) is 13.6 Å². The average Bonchev–Trinajstić information content (AvgIpc) is 3.07. The monoisotopic (exact) mass is 515 g/mol. The maximum absolute atomic E-state index is 14.7. The van der Waals surface area contributed by atoms with Crippen molar-refractivity contribution in [3.8, 4) is 0 Å². The molecule has 0 aliphatic carbocycles. The molecule has 0 spiro atoms. The molecule has 0 radical (unpaired) electrons. The summed E-state index contributed by atoms with van der Waals surface area (Å²) in [6.45, 7) is 14.4. The summed E-state index contributed by atoms with van der Waals surface area (Å²) in [6, 6.07) is 2.00. The van der Waals surface area contributed by atoms with Gasteiger partial charge in [-0.15, -0.1) is 12.4 Å². The van der Waals surface area contributed by atoms with Gasteiger partial charge in [-0.3, -0.25) is 19.6 Å². The van der Waals surface area contributed by atoms with Gasteiger partial charge in [0.05, 0.1) is 31.1 Å².